The summed E-state index contributed by atoms with van der Waals surface area (Å²) in [6, 6.07) is 0. The highest BCUT2D eigenvalue weighted by Crippen LogP contribution is 1.96. The van der Waals surface area contributed by atoms with Gasteiger partial charge in [0.15, 0.2) is 0 Å². The van der Waals surface area contributed by atoms with Gasteiger partial charge in [-0.3, -0.25) is 4.79 Å². The molecule has 0 amide bonds. The summed E-state index contributed by atoms with van der Waals surface area (Å²) in [5.74, 6) is 0.292. The van der Waals surface area contributed by atoms with Gasteiger partial charge in [0.1, 0.15) is 6.29 Å². The van der Waals surface area contributed by atoms with Crippen molar-refractivity contribution in [1.29, 1.82) is 0 Å². The van der Waals surface area contributed by atoms with Gasteiger partial charge in [0.2, 0.25) is 0 Å². The molecule has 0 aromatic rings. The maximum atomic E-state index is 9.93. The number of rotatable bonds is 5. The third-order valence-electron chi connectivity index (χ3n) is 0.777. The highest BCUT2D eigenvalue weighted by Gasteiger charge is 1.93. The van der Waals surface area contributed by atoms with Crippen molar-refractivity contribution in [1.82, 2.24) is 0 Å². The molecule has 3 nitrogen and oxygen atoms in total. The predicted molar refractivity (Wildman–Crippen MR) is 37.4 cm³/mol. The van der Waals surface area contributed by atoms with E-state index >= 15 is 0 Å². The normalized spacial score (nSPS) is 8.20. The Morgan fingerprint density at radius 1 is 1.30 bits per heavy atom. The zero-order chi connectivity index (χ0) is 7.82. The van der Waals surface area contributed by atoms with E-state index in [0.717, 1.165) is 0 Å². The minimum atomic E-state index is 0.292. The van der Waals surface area contributed by atoms with Crippen LogP contribution in [-0.4, -0.2) is 19.5 Å². The molecule has 0 rings (SSSR count). The topological polar surface area (TPSA) is 35.5 Å². The minimum Gasteiger partial charge on any atom is -0.466 e. The first-order chi connectivity index (χ1) is 4.85. The molecular weight excluding hydrogens is 132 g/mol. The second-order valence-corrected chi connectivity index (χ2v) is 1.49. The third kappa shape index (κ3) is 3.95. The van der Waals surface area contributed by atoms with Crippen LogP contribution in [0.4, 0.5) is 0 Å². The molecule has 3 heteroatoms. The van der Waals surface area contributed by atoms with E-state index in [1.165, 1.54) is 6.08 Å². The Labute approximate surface area is 60.6 Å². The maximum absolute atomic E-state index is 9.93. The fraction of sp³-hybridized carbons (Fsp3) is 0.571. The van der Waals surface area contributed by atoms with Gasteiger partial charge < -0.3 is 9.47 Å². The highest BCUT2D eigenvalue weighted by atomic mass is 16.7. The van der Waals surface area contributed by atoms with Crippen LogP contribution in [0.1, 0.15) is 13.8 Å². The lowest BCUT2D eigenvalue weighted by molar-refractivity contribution is -0.104. The summed E-state index contributed by atoms with van der Waals surface area (Å²) in [4.78, 5) is 9.93. The Kier molecular flexibility index (Phi) is 5.53. The predicted octanol–water partition coefficient (Wildman–Crippen LogP) is 1.10. The van der Waals surface area contributed by atoms with E-state index < -0.39 is 0 Å². The quantitative estimate of drug-likeness (QED) is 0.329. The van der Waals surface area contributed by atoms with Crippen molar-refractivity contribution in [3.8, 4) is 0 Å². The lowest BCUT2D eigenvalue weighted by Crippen LogP contribution is -1.97. The van der Waals surface area contributed by atoms with E-state index in [0.29, 0.717) is 25.4 Å². The van der Waals surface area contributed by atoms with Gasteiger partial charge in [0.05, 0.1) is 19.3 Å². The maximum Gasteiger partial charge on any atom is 0.282 e. The molecule has 0 heterocycles. The Morgan fingerprint density at radius 2 is 1.80 bits per heavy atom. The molecule has 0 bridgehead atoms. The Morgan fingerprint density at radius 3 is 2.10 bits per heavy atom. The molecule has 0 aliphatic carbocycles. The van der Waals surface area contributed by atoms with Crippen LogP contribution < -0.4 is 0 Å². The molecule has 0 fully saturated rings. The molecule has 0 aromatic heterocycles. The van der Waals surface area contributed by atoms with Crippen molar-refractivity contribution < 1.29 is 14.3 Å². The van der Waals surface area contributed by atoms with Gasteiger partial charge in [-0.05, 0) is 13.8 Å². The average molecular weight is 144 g/mol. The van der Waals surface area contributed by atoms with Crippen molar-refractivity contribution in [2.75, 3.05) is 13.2 Å². The summed E-state index contributed by atoms with van der Waals surface area (Å²) in [6.45, 7) is 4.69. The number of allylic oxidation sites excluding steroid dienone is 1. The van der Waals surface area contributed by atoms with E-state index in [1.54, 1.807) is 0 Å². The lowest BCUT2D eigenvalue weighted by Gasteiger charge is -2.06. The number of aldehydes is 1. The van der Waals surface area contributed by atoms with Gasteiger partial charge >= 0.3 is 0 Å². The van der Waals surface area contributed by atoms with E-state index in [1.807, 2.05) is 13.8 Å². The van der Waals surface area contributed by atoms with E-state index in [-0.39, 0.29) is 0 Å². The van der Waals surface area contributed by atoms with Crippen molar-refractivity contribution in [2.24, 2.45) is 0 Å². The van der Waals surface area contributed by atoms with Crippen LogP contribution in [0.5, 0.6) is 0 Å². The largest absolute Gasteiger partial charge is 0.466 e. The second kappa shape index (κ2) is 6.13. The van der Waals surface area contributed by atoms with Gasteiger partial charge in [-0.25, -0.2) is 0 Å². The molecule has 58 valence electrons. The smallest absolute Gasteiger partial charge is 0.282 e. The average Bonchev–Trinajstić information content (AvgIpc) is 1.90. The van der Waals surface area contributed by atoms with Crippen LogP contribution in [0.3, 0.4) is 0 Å². The third-order valence-corrected chi connectivity index (χ3v) is 0.777. The Bertz CT molecular complexity index is 110. The summed E-state index contributed by atoms with van der Waals surface area (Å²) in [7, 11) is 0. The summed E-state index contributed by atoms with van der Waals surface area (Å²) < 4.78 is 9.86. The van der Waals surface area contributed by atoms with E-state index in [4.69, 9.17) is 9.47 Å². The summed E-state index contributed by atoms with van der Waals surface area (Å²) in [5, 5.41) is 0. The van der Waals surface area contributed by atoms with Crippen molar-refractivity contribution in [3.05, 3.63) is 12.0 Å². The van der Waals surface area contributed by atoms with E-state index in [2.05, 4.69) is 0 Å². The van der Waals surface area contributed by atoms with Crippen LogP contribution in [0, 0.1) is 0 Å². The summed E-state index contributed by atoms with van der Waals surface area (Å²) in [5.41, 5.74) is 0. The van der Waals surface area contributed by atoms with Gasteiger partial charge in [-0.15, -0.1) is 0 Å². The molecule has 0 radical (unpaired) electrons. The van der Waals surface area contributed by atoms with Crippen molar-refractivity contribution in [2.45, 2.75) is 13.8 Å². The van der Waals surface area contributed by atoms with Gasteiger partial charge in [0.25, 0.3) is 5.95 Å². The van der Waals surface area contributed by atoms with Crippen molar-refractivity contribution >= 4 is 6.29 Å². The molecule has 10 heavy (non-hydrogen) atoms. The van der Waals surface area contributed by atoms with Crippen LogP contribution in [0.15, 0.2) is 12.0 Å². The lowest BCUT2D eigenvalue weighted by atomic mass is 10.6. The molecule has 0 spiro atoms. The number of hydrogen-bond donors (Lipinski definition) is 0. The molecule has 0 saturated heterocycles. The van der Waals surface area contributed by atoms with Crippen LogP contribution in [-0.2, 0) is 14.3 Å². The fourth-order valence-electron chi connectivity index (χ4n) is 0.478. The summed E-state index contributed by atoms with van der Waals surface area (Å²) in [6.07, 6.45) is 1.90. The van der Waals surface area contributed by atoms with Crippen molar-refractivity contribution in [3.63, 3.8) is 0 Å². The standard InChI is InChI=1S/C7H12O3/c1-3-9-7(5-6-8)10-4-2/h5-6H,3-4H2,1-2H3. The molecular formula is C7H12O3. The Balaban J connectivity index is 3.71. The zero-order valence-electron chi connectivity index (χ0n) is 6.29. The molecule has 0 unspecified atom stereocenters. The second-order valence-electron chi connectivity index (χ2n) is 1.49. The van der Waals surface area contributed by atoms with Crippen LogP contribution >= 0.6 is 0 Å². The molecule has 0 atom stereocenters. The number of ether oxygens (including phenoxy) is 2. The number of carbonyl (C=O) groups excluding carboxylic acids is 1. The van der Waals surface area contributed by atoms with Gasteiger partial charge in [-0.2, -0.15) is 0 Å². The molecule has 0 aromatic carbocycles. The first-order valence-corrected chi connectivity index (χ1v) is 3.26. The Hall–Kier alpha value is -0.990. The van der Waals surface area contributed by atoms with Gasteiger partial charge in [-0.1, -0.05) is 0 Å². The monoisotopic (exact) mass is 144 g/mol. The first kappa shape index (κ1) is 9.01. The fourth-order valence-corrected chi connectivity index (χ4v) is 0.478. The first-order valence-electron chi connectivity index (χ1n) is 3.26. The van der Waals surface area contributed by atoms with E-state index in [9.17, 15) is 4.79 Å². The molecule has 0 N–H and O–H groups in total. The molecule has 0 aliphatic heterocycles. The van der Waals surface area contributed by atoms with Gasteiger partial charge in [0, 0.05) is 0 Å². The molecule has 0 aliphatic rings. The SMILES string of the molecule is CCOC(=CC=O)OCC. The minimum absolute atomic E-state index is 0.292. The highest BCUT2D eigenvalue weighted by molar-refractivity contribution is 5.64. The zero-order valence-corrected chi connectivity index (χ0v) is 6.29. The number of carbonyl (C=O) groups is 1. The summed E-state index contributed by atoms with van der Waals surface area (Å²) >= 11 is 0. The molecule has 0 saturated carbocycles. The number of hydrogen-bond acceptors (Lipinski definition) is 3. The van der Waals surface area contributed by atoms with Crippen LogP contribution in [0.25, 0.3) is 0 Å². The van der Waals surface area contributed by atoms with Crippen LogP contribution in [0.2, 0.25) is 0 Å².